The Kier molecular flexibility index (Phi) is 4.93. The third-order valence-electron chi connectivity index (χ3n) is 2.74. The van der Waals surface area contributed by atoms with Gasteiger partial charge in [-0.05, 0) is 5.56 Å². The lowest BCUT2D eigenvalue weighted by Crippen LogP contribution is -2.23. The molecule has 1 aromatic heterocycles. The number of hydrogen-bond acceptors (Lipinski definition) is 3. The number of aromatic nitrogens is 2. The topological polar surface area (TPSA) is 39.1 Å². The first-order chi connectivity index (χ1) is 8.90. The highest BCUT2D eigenvalue weighted by molar-refractivity contribution is 5.61. The van der Waals surface area contributed by atoms with E-state index in [9.17, 15) is 0 Å². The van der Waals surface area contributed by atoms with Crippen molar-refractivity contribution in [2.75, 3.05) is 26.8 Å². The lowest BCUT2D eigenvalue weighted by molar-refractivity contribution is 0.199. The van der Waals surface area contributed by atoms with Crippen LogP contribution >= 0.6 is 0 Å². The summed E-state index contributed by atoms with van der Waals surface area (Å²) in [6.07, 6.45) is 3.98. The molecule has 0 fully saturated rings. The fraction of sp³-hybridized carbons (Fsp3) is 0.357. The molecule has 1 heterocycles. The molecule has 2 aromatic rings. The standard InChI is InChI=1S/C14H19N3O/c1-18-10-8-15-7-9-17-12-14(11-16-17)13-5-3-2-4-6-13/h2-6,11-12,15H,7-10H2,1H3. The van der Waals surface area contributed by atoms with Crippen molar-refractivity contribution < 1.29 is 4.74 Å². The molecule has 0 atom stereocenters. The summed E-state index contributed by atoms with van der Waals surface area (Å²) < 4.78 is 6.93. The monoisotopic (exact) mass is 245 g/mol. The van der Waals surface area contributed by atoms with Gasteiger partial charge in [0.1, 0.15) is 0 Å². The molecule has 0 aliphatic heterocycles. The van der Waals surface area contributed by atoms with Crippen molar-refractivity contribution in [2.24, 2.45) is 0 Å². The summed E-state index contributed by atoms with van der Waals surface area (Å²) in [7, 11) is 1.71. The van der Waals surface area contributed by atoms with E-state index in [2.05, 4.69) is 28.7 Å². The third-order valence-corrected chi connectivity index (χ3v) is 2.74. The maximum absolute atomic E-state index is 4.97. The summed E-state index contributed by atoms with van der Waals surface area (Å²) in [5.74, 6) is 0. The van der Waals surface area contributed by atoms with E-state index in [1.165, 1.54) is 5.56 Å². The summed E-state index contributed by atoms with van der Waals surface area (Å²) in [6.45, 7) is 3.40. The lowest BCUT2D eigenvalue weighted by Gasteiger charge is -2.03. The van der Waals surface area contributed by atoms with Crippen molar-refractivity contribution in [2.45, 2.75) is 6.54 Å². The predicted molar refractivity (Wildman–Crippen MR) is 72.4 cm³/mol. The van der Waals surface area contributed by atoms with Crippen LogP contribution < -0.4 is 5.32 Å². The van der Waals surface area contributed by atoms with Crippen LogP contribution in [-0.4, -0.2) is 36.6 Å². The van der Waals surface area contributed by atoms with Gasteiger partial charge < -0.3 is 10.1 Å². The number of benzene rings is 1. The van der Waals surface area contributed by atoms with Crippen LogP contribution in [0.2, 0.25) is 0 Å². The van der Waals surface area contributed by atoms with Crippen LogP contribution in [0.4, 0.5) is 0 Å². The van der Waals surface area contributed by atoms with Crippen molar-refractivity contribution in [1.82, 2.24) is 15.1 Å². The highest BCUT2D eigenvalue weighted by Crippen LogP contribution is 2.17. The molecule has 0 amide bonds. The normalized spacial score (nSPS) is 10.7. The second kappa shape index (κ2) is 6.93. The Hall–Kier alpha value is -1.65. The van der Waals surface area contributed by atoms with Gasteiger partial charge in [-0.25, -0.2) is 0 Å². The molecule has 1 aromatic carbocycles. The minimum absolute atomic E-state index is 0.744. The zero-order valence-corrected chi connectivity index (χ0v) is 10.7. The lowest BCUT2D eigenvalue weighted by atomic mass is 10.1. The van der Waals surface area contributed by atoms with Gasteiger partial charge in [-0.2, -0.15) is 5.10 Å². The molecule has 0 aliphatic rings. The van der Waals surface area contributed by atoms with E-state index in [0.717, 1.165) is 31.8 Å². The fourth-order valence-electron chi connectivity index (χ4n) is 1.76. The zero-order valence-electron chi connectivity index (χ0n) is 10.7. The highest BCUT2D eigenvalue weighted by atomic mass is 16.5. The van der Waals surface area contributed by atoms with Crippen molar-refractivity contribution in [3.63, 3.8) is 0 Å². The van der Waals surface area contributed by atoms with E-state index in [-0.39, 0.29) is 0 Å². The minimum atomic E-state index is 0.744. The molecule has 4 heteroatoms. The summed E-state index contributed by atoms with van der Waals surface area (Å²) in [5, 5.41) is 7.65. The highest BCUT2D eigenvalue weighted by Gasteiger charge is 2.00. The van der Waals surface area contributed by atoms with E-state index < -0.39 is 0 Å². The van der Waals surface area contributed by atoms with Crippen LogP contribution in [0.5, 0.6) is 0 Å². The molecule has 1 N–H and O–H groups in total. The number of hydrogen-bond donors (Lipinski definition) is 1. The molecule has 0 saturated heterocycles. The molecular weight excluding hydrogens is 226 g/mol. The first-order valence-electron chi connectivity index (χ1n) is 6.17. The van der Waals surface area contributed by atoms with E-state index in [0.29, 0.717) is 0 Å². The Balaban J connectivity index is 1.83. The Bertz CT molecular complexity index is 453. The summed E-state index contributed by atoms with van der Waals surface area (Å²) in [4.78, 5) is 0. The van der Waals surface area contributed by atoms with Crippen LogP contribution in [0.3, 0.4) is 0 Å². The Labute approximate surface area is 108 Å². The minimum Gasteiger partial charge on any atom is -0.383 e. The third kappa shape index (κ3) is 3.68. The van der Waals surface area contributed by atoms with E-state index in [4.69, 9.17) is 4.74 Å². The number of nitrogens with one attached hydrogen (secondary N) is 1. The van der Waals surface area contributed by atoms with Crippen molar-refractivity contribution in [1.29, 1.82) is 0 Å². The first-order valence-corrected chi connectivity index (χ1v) is 6.17. The maximum atomic E-state index is 4.97. The predicted octanol–water partition coefficient (Wildman–Crippen LogP) is 1.79. The number of rotatable bonds is 7. The number of nitrogens with zero attached hydrogens (tertiary/aromatic N) is 2. The van der Waals surface area contributed by atoms with Gasteiger partial charge in [0.25, 0.3) is 0 Å². The molecule has 0 bridgehead atoms. The van der Waals surface area contributed by atoms with Gasteiger partial charge in [0, 0.05) is 32.0 Å². The second-order valence-corrected chi connectivity index (χ2v) is 4.10. The van der Waals surface area contributed by atoms with Crippen molar-refractivity contribution >= 4 is 0 Å². The summed E-state index contributed by atoms with van der Waals surface area (Å²) in [5.41, 5.74) is 2.36. The number of methoxy groups -OCH3 is 1. The average Bonchev–Trinajstić information content (AvgIpc) is 2.88. The fourth-order valence-corrected chi connectivity index (χ4v) is 1.76. The zero-order chi connectivity index (χ0) is 12.6. The smallest absolute Gasteiger partial charge is 0.0587 e. The SMILES string of the molecule is COCCNCCn1cc(-c2ccccc2)cn1. The van der Waals surface area contributed by atoms with Gasteiger partial charge in [0.15, 0.2) is 0 Å². The molecule has 0 radical (unpaired) electrons. The molecule has 0 aliphatic carbocycles. The van der Waals surface area contributed by atoms with Crippen LogP contribution in [0.15, 0.2) is 42.7 Å². The van der Waals surface area contributed by atoms with Crippen molar-refractivity contribution in [3.8, 4) is 11.1 Å². The maximum Gasteiger partial charge on any atom is 0.0587 e. The van der Waals surface area contributed by atoms with Gasteiger partial charge in [-0.3, -0.25) is 4.68 Å². The Morgan fingerprint density at radius 2 is 2.00 bits per heavy atom. The quantitative estimate of drug-likeness (QED) is 0.756. The molecule has 4 nitrogen and oxygen atoms in total. The molecule has 18 heavy (non-hydrogen) atoms. The van der Waals surface area contributed by atoms with Crippen molar-refractivity contribution in [3.05, 3.63) is 42.7 Å². The van der Waals surface area contributed by atoms with Crippen LogP contribution in [0, 0.1) is 0 Å². The average molecular weight is 245 g/mol. The van der Waals surface area contributed by atoms with E-state index >= 15 is 0 Å². The molecule has 0 unspecified atom stereocenters. The Morgan fingerprint density at radius 1 is 1.17 bits per heavy atom. The molecular formula is C14H19N3O. The van der Waals surface area contributed by atoms with Gasteiger partial charge in [0.2, 0.25) is 0 Å². The molecule has 0 saturated carbocycles. The van der Waals surface area contributed by atoms with E-state index in [1.54, 1.807) is 7.11 Å². The van der Waals surface area contributed by atoms with Gasteiger partial charge >= 0.3 is 0 Å². The Morgan fingerprint density at radius 3 is 2.78 bits per heavy atom. The van der Waals surface area contributed by atoms with Gasteiger partial charge in [-0.15, -0.1) is 0 Å². The number of ether oxygens (including phenoxy) is 1. The molecule has 2 rings (SSSR count). The van der Waals surface area contributed by atoms with Gasteiger partial charge in [-0.1, -0.05) is 30.3 Å². The first kappa shape index (κ1) is 12.8. The van der Waals surface area contributed by atoms with E-state index in [1.807, 2.05) is 29.1 Å². The van der Waals surface area contributed by atoms with Crippen LogP contribution in [0.25, 0.3) is 11.1 Å². The van der Waals surface area contributed by atoms with Gasteiger partial charge in [0.05, 0.1) is 19.3 Å². The summed E-state index contributed by atoms with van der Waals surface area (Å²) >= 11 is 0. The van der Waals surface area contributed by atoms with Crippen LogP contribution in [-0.2, 0) is 11.3 Å². The molecule has 96 valence electrons. The second-order valence-electron chi connectivity index (χ2n) is 4.10. The van der Waals surface area contributed by atoms with Crippen LogP contribution in [0.1, 0.15) is 0 Å². The molecule has 0 spiro atoms. The largest absolute Gasteiger partial charge is 0.383 e. The summed E-state index contributed by atoms with van der Waals surface area (Å²) in [6, 6.07) is 10.3.